The van der Waals surface area contributed by atoms with Crippen LogP contribution >= 0.6 is 0 Å². The van der Waals surface area contributed by atoms with E-state index in [1.54, 1.807) is 0 Å². The highest BCUT2D eigenvalue weighted by molar-refractivity contribution is 5.36. The third-order valence-electron chi connectivity index (χ3n) is 4.65. The van der Waals surface area contributed by atoms with Crippen LogP contribution in [0.3, 0.4) is 0 Å². The molecule has 4 nitrogen and oxygen atoms in total. The van der Waals surface area contributed by atoms with Crippen molar-refractivity contribution in [3.8, 4) is 0 Å². The van der Waals surface area contributed by atoms with Crippen molar-refractivity contribution in [3.63, 3.8) is 0 Å². The quantitative estimate of drug-likeness (QED) is 0.891. The van der Waals surface area contributed by atoms with Gasteiger partial charge in [-0.15, -0.1) is 0 Å². The van der Waals surface area contributed by atoms with E-state index in [1.807, 2.05) is 67.6 Å². The Hall–Kier alpha value is -1.72. The molecule has 2 saturated heterocycles. The Balaban J connectivity index is 1.91. The third-order valence-corrected chi connectivity index (χ3v) is 4.65. The number of ether oxygens (including phenoxy) is 2. The van der Waals surface area contributed by atoms with Crippen LogP contribution in [0.2, 0.25) is 0 Å². The topological polar surface area (TPSA) is 50.7 Å². The van der Waals surface area contributed by atoms with E-state index >= 15 is 0 Å². The lowest BCUT2D eigenvalue weighted by Crippen LogP contribution is -2.67. The Morgan fingerprint density at radius 2 is 1.45 bits per heavy atom. The van der Waals surface area contributed by atoms with Crippen molar-refractivity contribution < 1.29 is 14.6 Å². The van der Waals surface area contributed by atoms with E-state index in [9.17, 15) is 5.11 Å². The Kier molecular flexibility index (Phi) is 2.93. The molecule has 2 fully saturated rings. The summed E-state index contributed by atoms with van der Waals surface area (Å²) in [6.45, 7) is 2.58. The van der Waals surface area contributed by atoms with Crippen LogP contribution in [-0.2, 0) is 20.8 Å². The van der Waals surface area contributed by atoms with Crippen LogP contribution in [0.1, 0.15) is 18.1 Å². The van der Waals surface area contributed by atoms with E-state index in [4.69, 9.17) is 9.47 Å². The average molecular weight is 297 g/mol. The molecule has 0 aliphatic carbocycles. The normalized spacial score (nSPS) is 37.2. The van der Waals surface area contributed by atoms with Gasteiger partial charge in [-0.2, -0.15) is 0 Å². The van der Waals surface area contributed by atoms with Crippen molar-refractivity contribution >= 4 is 0 Å². The SMILES string of the molecule is CC12COC(O)(c3ccccc3)C(c3ccccc3)(CO1)N2. The Morgan fingerprint density at radius 3 is 2.09 bits per heavy atom. The Morgan fingerprint density at radius 1 is 0.864 bits per heavy atom. The second-order valence-electron chi connectivity index (χ2n) is 6.21. The summed E-state index contributed by atoms with van der Waals surface area (Å²) in [5.41, 5.74) is 0.253. The van der Waals surface area contributed by atoms with Gasteiger partial charge in [0.1, 0.15) is 11.3 Å². The van der Waals surface area contributed by atoms with Crippen molar-refractivity contribution in [1.82, 2.24) is 5.32 Å². The lowest BCUT2D eigenvalue weighted by molar-refractivity contribution is -0.292. The van der Waals surface area contributed by atoms with Gasteiger partial charge in [0.2, 0.25) is 5.79 Å². The zero-order valence-corrected chi connectivity index (χ0v) is 12.5. The lowest BCUT2D eigenvalue weighted by Gasteiger charge is -2.49. The summed E-state index contributed by atoms with van der Waals surface area (Å²) in [5, 5.41) is 15.0. The summed E-state index contributed by atoms with van der Waals surface area (Å²) in [5.74, 6) is -1.48. The van der Waals surface area contributed by atoms with Gasteiger partial charge < -0.3 is 14.6 Å². The standard InChI is InChI=1S/C18H19NO3/c1-16-12-22-18(20,15-10-6-3-7-11-15)17(19-16,13-21-16)14-8-4-2-5-9-14/h2-11,19-20H,12-13H2,1H3. The maximum Gasteiger partial charge on any atom is 0.218 e. The van der Waals surface area contributed by atoms with Gasteiger partial charge in [-0.05, 0) is 12.5 Å². The predicted octanol–water partition coefficient (Wildman–Crippen LogP) is 2.09. The molecule has 114 valence electrons. The Bertz CT molecular complexity index is 677. The van der Waals surface area contributed by atoms with Crippen molar-refractivity contribution in [2.45, 2.75) is 24.0 Å². The van der Waals surface area contributed by atoms with Crippen LogP contribution in [0, 0.1) is 0 Å². The first-order valence-electron chi connectivity index (χ1n) is 7.49. The molecule has 0 aromatic heterocycles. The summed E-state index contributed by atoms with van der Waals surface area (Å²) < 4.78 is 11.9. The number of benzene rings is 2. The molecule has 22 heavy (non-hydrogen) atoms. The van der Waals surface area contributed by atoms with Crippen LogP contribution in [0.4, 0.5) is 0 Å². The Labute approximate surface area is 129 Å². The van der Waals surface area contributed by atoms with E-state index in [2.05, 4.69) is 5.32 Å². The molecule has 3 atom stereocenters. The molecule has 3 unspecified atom stereocenters. The fraction of sp³-hybridized carbons (Fsp3) is 0.333. The first-order valence-corrected chi connectivity index (χ1v) is 7.49. The molecular formula is C18H19NO3. The fourth-order valence-corrected chi connectivity index (χ4v) is 3.48. The van der Waals surface area contributed by atoms with Gasteiger partial charge in [0, 0.05) is 5.56 Å². The van der Waals surface area contributed by atoms with E-state index in [0.29, 0.717) is 6.61 Å². The van der Waals surface area contributed by atoms with E-state index in [-0.39, 0.29) is 6.61 Å². The molecule has 0 spiro atoms. The largest absolute Gasteiger partial charge is 0.360 e. The highest BCUT2D eigenvalue weighted by atomic mass is 16.7. The molecule has 0 saturated carbocycles. The maximum atomic E-state index is 11.5. The number of hydrogen-bond donors (Lipinski definition) is 2. The number of fused-ring (bicyclic) bond motifs is 2. The maximum absolute atomic E-state index is 11.5. The van der Waals surface area contributed by atoms with E-state index < -0.39 is 17.1 Å². The van der Waals surface area contributed by atoms with Crippen molar-refractivity contribution in [2.75, 3.05) is 13.2 Å². The number of rotatable bonds is 2. The molecule has 2 bridgehead atoms. The molecule has 2 aliphatic rings. The third kappa shape index (κ3) is 1.79. The monoisotopic (exact) mass is 297 g/mol. The van der Waals surface area contributed by atoms with Gasteiger partial charge in [-0.1, -0.05) is 60.7 Å². The zero-order valence-electron chi connectivity index (χ0n) is 12.5. The van der Waals surface area contributed by atoms with Crippen molar-refractivity contribution in [3.05, 3.63) is 71.8 Å². The molecule has 0 radical (unpaired) electrons. The summed E-state index contributed by atoms with van der Waals surface area (Å²) in [6, 6.07) is 19.4. The minimum Gasteiger partial charge on any atom is -0.360 e. The molecule has 2 N–H and O–H groups in total. The molecule has 2 aliphatic heterocycles. The van der Waals surface area contributed by atoms with Crippen LogP contribution < -0.4 is 5.32 Å². The second kappa shape index (κ2) is 4.64. The molecule has 4 rings (SSSR count). The van der Waals surface area contributed by atoms with Crippen LogP contribution in [0.15, 0.2) is 60.7 Å². The summed E-state index contributed by atoms with van der Waals surface area (Å²) in [4.78, 5) is 0. The van der Waals surface area contributed by atoms with Gasteiger partial charge in [0.15, 0.2) is 0 Å². The molecule has 0 amide bonds. The summed E-state index contributed by atoms with van der Waals surface area (Å²) in [6.07, 6.45) is 0. The van der Waals surface area contributed by atoms with E-state index in [1.165, 1.54) is 0 Å². The van der Waals surface area contributed by atoms with Gasteiger partial charge in [0.25, 0.3) is 0 Å². The zero-order chi connectivity index (χ0) is 15.3. The molecule has 2 aromatic carbocycles. The lowest BCUT2D eigenvalue weighted by atomic mass is 9.77. The number of nitrogens with one attached hydrogen (secondary N) is 1. The van der Waals surface area contributed by atoms with Gasteiger partial charge in [-0.25, -0.2) is 0 Å². The minimum absolute atomic E-state index is 0.285. The number of morpholine rings is 1. The summed E-state index contributed by atoms with van der Waals surface area (Å²) >= 11 is 0. The van der Waals surface area contributed by atoms with Gasteiger partial charge in [-0.3, -0.25) is 5.32 Å². The van der Waals surface area contributed by atoms with Crippen LogP contribution in [0.25, 0.3) is 0 Å². The molecule has 2 heterocycles. The molecule has 2 aromatic rings. The van der Waals surface area contributed by atoms with Gasteiger partial charge >= 0.3 is 0 Å². The summed E-state index contributed by atoms with van der Waals surface area (Å²) in [7, 11) is 0. The highest BCUT2D eigenvalue weighted by Gasteiger charge is 2.65. The fourth-order valence-electron chi connectivity index (χ4n) is 3.48. The first kappa shape index (κ1) is 13.9. The van der Waals surface area contributed by atoms with Crippen molar-refractivity contribution in [2.24, 2.45) is 0 Å². The van der Waals surface area contributed by atoms with E-state index in [0.717, 1.165) is 11.1 Å². The predicted molar refractivity (Wildman–Crippen MR) is 81.9 cm³/mol. The average Bonchev–Trinajstić information content (AvgIpc) is 2.89. The van der Waals surface area contributed by atoms with Crippen LogP contribution in [-0.4, -0.2) is 24.0 Å². The van der Waals surface area contributed by atoms with Gasteiger partial charge in [0.05, 0.1) is 13.2 Å². The molecule has 4 heteroatoms. The van der Waals surface area contributed by atoms with Crippen molar-refractivity contribution in [1.29, 1.82) is 0 Å². The van der Waals surface area contributed by atoms with Crippen LogP contribution in [0.5, 0.6) is 0 Å². The number of hydrogen-bond acceptors (Lipinski definition) is 4. The molecular weight excluding hydrogens is 278 g/mol. The smallest absolute Gasteiger partial charge is 0.218 e. The highest BCUT2D eigenvalue weighted by Crippen LogP contribution is 2.50. The number of aliphatic hydroxyl groups is 1. The minimum atomic E-state index is -1.48. The first-order chi connectivity index (χ1) is 10.6. The second-order valence-corrected chi connectivity index (χ2v) is 6.21.